The highest BCUT2D eigenvalue weighted by atomic mass is 16.4. The molecule has 1 aromatic carbocycles. The van der Waals surface area contributed by atoms with Gasteiger partial charge in [-0.2, -0.15) is 0 Å². The summed E-state index contributed by atoms with van der Waals surface area (Å²) in [4.78, 5) is 24.1. The zero-order valence-electron chi connectivity index (χ0n) is 12.5. The van der Waals surface area contributed by atoms with Crippen LogP contribution in [0.5, 0.6) is 0 Å². The third-order valence-electron chi connectivity index (χ3n) is 3.22. The lowest BCUT2D eigenvalue weighted by atomic mass is 10.2. The van der Waals surface area contributed by atoms with Crippen molar-refractivity contribution in [2.45, 2.75) is 32.6 Å². The maximum absolute atomic E-state index is 11.5. The van der Waals surface area contributed by atoms with Crippen molar-refractivity contribution in [3.8, 4) is 0 Å². The first-order chi connectivity index (χ1) is 10.1. The van der Waals surface area contributed by atoms with Crippen LogP contribution in [0.3, 0.4) is 0 Å². The standard InChI is InChI=1S/C16H24N2O3/c1-2-18(14-8-4-3-5-9-14)13-7-12-17-15(19)10-6-11-16(20)21/h3-5,8-9H,2,6-7,10-13H2,1H3,(H,17,19)(H,20,21). The lowest BCUT2D eigenvalue weighted by Crippen LogP contribution is -2.29. The first kappa shape index (κ1) is 17.0. The van der Waals surface area contributed by atoms with E-state index in [1.165, 1.54) is 5.69 Å². The van der Waals surface area contributed by atoms with E-state index in [1.807, 2.05) is 18.2 Å². The summed E-state index contributed by atoms with van der Waals surface area (Å²) in [5.41, 5.74) is 1.19. The molecule has 0 heterocycles. The molecule has 0 spiro atoms. The van der Waals surface area contributed by atoms with E-state index in [9.17, 15) is 9.59 Å². The van der Waals surface area contributed by atoms with E-state index in [2.05, 4.69) is 29.3 Å². The second-order valence-electron chi connectivity index (χ2n) is 4.87. The fourth-order valence-corrected chi connectivity index (χ4v) is 2.09. The number of benzene rings is 1. The Bertz CT molecular complexity index is 434. The Labute approximate surface area is 126 Å². The summed E-state index contributed by atoms with van der Waals surface area (Å²) in [7, 11) is 0. The molecule has 0 fully saturated rings. The molecule has 5 heteroatoms. The lowest BCUT2D eigenvalue weighted by Gasteiger charge is -2.23. The molecule has 0 saturated carbocycles. The Morgan fingerprint density at radius 2 is 1.86 bits per heavy atom. The first-order valence-electron chi connectivity index (χ1n) is 7.42. The number of hydrogen-bond acceptors (Lipinski definition) is 3. The number of para-hydroxylation sites is 1. The van der Waals surface area contributed by atoms with Crippen molar-refractivity contribution >= 4 is 17.6 Å². The van der Waals surface area contributed by atoms with Gasteiger partial charge in [0.15, 0.2) is 0 Å². The van der Waals surface area contributed by atoms with Crippen LogP contribution in [-0.2, 0) is 9.59 Å². The smallest absolute Gasteiger partial charge is 0.303 e. The third-order valence-corrected chi connectivity index (χ3v) is 3.22. The molecule has 0 bridgehead atoms. The highest BCUT2D eigenvalue weighted by Crippen LogP contribution is 2.12. The third kappa shape index (κ3) is 7.34. The number of nitrogens with zero attached hydrogens (tertiary/aromatic N) is 1. The van der Waals surface area contributed by atoms with Crippen molar-refractivity contribution in [1.82, 2.24) is 5.32 Å². The van der Waals surface area contributed by atoms with Gasteiger partial charge in [-0.05, 0) is 31.9 Å². The lowest BCUT2D eigenvalue weighted by molar-refractivity contribution is -0.137. The van der Waals surface area contributed by atoms with Crippen LogP contribution >= 0.6 is 0 Å². The Balaban J connectivity index is 2.17. The zero-order chi connectivity index (χ0) is 15.5. The van der Waals surface area contributed by atoms with Gasteiger partial charge in [-0.25, -0.2) is 0 Å². The van der Waals surface area contributed by atoms with E-state index in [-0.39, 0.29) is 18.7 Å². The molecular formula is C16H24N2O3. The summed E-state index contributed by atoms with van der Waals surface area (Å²) in [5.74, 6) is -0.928. The number of rotatable bonds is 10. The van der Waals surface area contributed by atoms with Gasteiger partial charge in [0.2, 0.25) is 5.91 Å². The number of amides is 1. The second-order valence-corrected chi connectivity index (χ2v) is 4.87. The maximum Gasteiger partial charge on any atom is 0.303 e. The average Bonchev–Trinajstić information content (AvgIpc) is 2.48. The molecule has 21 heavy (non-hydrogen) atoms. The van der Waals surface area contributed by atoms with E-state index in [0.717, 1.165) is 19.5 Å². The summed E-state index contributed by atoms with van der Waals surface area (Å²) in [6.45, 7) is 4.54. The number of anilines is 1. The highest BCUT2D eigenvalue weighted by molar-refractivity contribution is 5.76. The van der Waals surface area contributed by atoms with Gasteiger partial charge in [0.05, 0.1) is 0 Å². The van der Waals surface area contributed by atoms with Gasteiger partial charge >= 0.3 is 5.97 Å². The van der Waals surface area contributed by atoms with Crippen LogP contribution in [-0.4, -0.2) is 36.6 Å². The largest absolute Gasteiger partial charge is 0.481 e. The maximum atomic E-state index is 11.5. The van der Waals surface area contributed by atoms with Crippen molar-refractivity contribution in [1.29, 1.82) is 0 Å². The number of aliphatic carboxylic acids is 1. The van der Waals surface area contributed by atoms with Crippen LogP contribution in [0.1, 0.15) is 32.6 Å². The molecule has 0 aliphatic carbocycles. The quantitative estimate of drug-likeness (QED) is 0.649. The SMILES string of the molecule is CCN(CCCNC(=O)CCCC(=O)O)c1ccccc1. The van der Waals surface area contributed by atoms with Crippen molar-refractivity contribution in [3.05, 3.63) is 30.3 Å². The normalized spacial score (nSPS) is 10.1. The second kappa shape index (κ2) is 9.80. The van der Waals surface area contributed by atoms with Crippen molar-refractivity contribution in [2.75, 3.05) is 24.5 Å². The van der Waals surface area contributed by atoms with Crippen molar-refractivity contribution in [3.63, 3.8) is 0 Å². The van der Waals surface area contributed by atoms with Gasteiger partial charge in [-0.3, -0.25) is 9.59 Å². The van der Waals surface area contributed by atoms with Crippen LogP contribution in [0.4, 0.5) is 5.69 Å². The van der Waals surface area contributed by atoms with E-state index in [4.69, 9.17) is 5.11 Å². The minimum absolute atomic E-state index is 0.0467. The molecule has 5 nitrogen and oxygen atoms in total. The molecule has 0 aliphatic heterocycles. The Morgan fingerprint density at radius 1 is 1.14 bits per heavy atom. The van der Waals surface area contributed by atoms with Crippen molar-refractivity contribution < 1.29 is 14.7 Å². The summed E-state index contributed by atoms with van der Waals surface area (Å²) in [5, 5.41) is 11.3. The van der Waals surface area contributed by atoms with Gasteiger partial charge in [-0.1, -0.05) is 18.2 Å². The molecular weight excluding hydrogens is 268 g/mol. The Morgan fingerprint density at radius 3 is 2.48 bits per heavy atom. The molecule has 0 aliphatic rings. The first-order valence-corrected chi connectivity index (χ1v) is 7.42. The molecule has 0 saturated heterocycles. The fourth-order valence-electron chi connectivity index (χ4n) is 2.09. The minimum atomic E-state index is -0.857. The van der Waals surface area contributed by atoms with Gasteiger partial charge < -0.3 is 15.3 Å². The van der Waals surface area contributed by atoms with Gasteiger partial charge in [0.1, 0.15) is 0 Å². The summed E-state index contributed by atoms with van der Waals surface area (Å²) in [6.07, 6.45) is 1.59. The van der Waals surface area contributed by atoms with E-state index in [0.29, 0.717) is 13.0 Å². The minimum Gasteiger partial charge on any atom is -0.481 e. The predicted molar refractivity (Wildman–Crippen MR) is 83.4 cm³/mol. The van der Waals surface area contributed by atoms with Crippen LogP contribution in [0.25, 0.3) is 0 Å². The molecule has 1 aromatic rings. The number of carboxylic acids is 1. The molecule has 0 radical (unpaired) electrons. The van der Waals surface area contributed by atoms with E-state index >= 15 is 0 Å². The molecule has 116 valence electrons. The van der Waals surface area contributed by atoms with Crippen LogP contribution in [0, 0.1) is 0 Å². The zero-order valence-corrected chi connectivity index (χ0v) is 12.5. The number of carbonyl (C=O) groups is 2. The number of carboxylic acid groups (broad SMARTS) is 1. The summed E-state index contributed by atoms with van der Waals surface area (Å²) >= 11 is 0. The number of hydrogen-bond donors (Lipinski definition) is 2. The molecule has 1 rings (SSSR count). The monoisotopic (exact) mass is 292 g/mol. The van der Waals surface area contributed by atoms with Crippen LogP contribution < -0.4 is 10.2 Å². The molecule has 0 atom stereocenters. The van der Waals surface area contributed by atoms with Crippen molar-refractivity contribution in [2.24, 2.45) is 0 Å². The van der Waals surface area contributed by atoms with Gasteiger partial charge in [0, 0.05) is 38.2 Å². The topological polar surface area (TPSA) is 69.6 Å². The van der Waals surface area contributed by atoms with Crippen LogP contribution in [0.15, 0.2) is 30.3 Å². The predicted octanol–water partition coefficient (Wildman–Crippen LogP) is 2.27. The highest BCUT2D eigenvalue weighted by Gasteiger charge is 2.05. The van der Waals surface area contributed by atoms with E-state index < -0.39 is 5.97 Å². The molecule has 0 unspecified atom stereocenters. The van der Waals surface area contributed by atoms with Crippen LogP contribution in [0.2, 0.25) is 0 Å². The van der Waals surface area contributed by atoms with Gasteiger partial charge in [0.25, 0.3) is 0 Å². The van der Waals surface area contributed by atoms with Gasteiger partial charge in [-0.15, -0.1) is 0 Å². The molecule has 1 amide bonds. The Hall–Kier alpha value is -2.04. The number of nitrogens with one attached hydrogen (secondary N) is 1. The Kier molecular flexibility index (Phi) is 7.94. The van der Waals surface area contributed by atoms with E-state index in [1.54, 1.807) is 0 Å². The fraction of sp³-hybridized carbons (Fsp3) is 0.500. The molecule has 0 aromatic heterocycles. The summed E-state index contributed by atoms with van der Waals surface area (Å²) < 4.78 is 0. The average molecular weight is 292 g/mol. The molecule has 2 N–H and O–H groups in total. The summed E-state index contributed by atoms with van der Waals surface area (Å²) in [6, 6.07) is 10.2. The number of carbonyl (C=O) groups excluding carboxylic acids is 1.